The highest BCUT2D eigenvalue weighted by molar-refractivity contribution is 5.82. The number of pyridine rings is 1. The number of hydrogen-bond acceptors (Lipinski definition) is 3. The molecule has 1 aromatic carbocycles. The SMILES string of the molecule is Cc1cc(C2OCCC2CO)c2ccccc2n1. The molecule has 0 radical (unpaired) electrons. The van der Waals surface area contributed by atoms with Crippen LogP contribution < -0.4 is 0 Å². The first-order chi connectivity index (χ1) is 8.79. The molecule has 3 rings (SSSR count). The van der Waals surface area contributed by atoms with E-state index < -0.39 is 0 Å². The summed E-state index contributed by atoms with van der Waals surface area (Å²) < 4.78 is 5.82. The van der Waals surface area contributed by atoms with Crippen LogP contribution >= 0.6 is 0 Å². The first-order valence-corrected chi connectivity index (χ1v) is 6.38. The molecule has 1 N–H and O–H groups in total. The third-order valence-corrected chi connectivity index (χ3v) is 3.63. The third kappa shape index (κ3) is 1.89. The van der Waals surface area contributed by atoms with Gasteiger partial charge in [-0.05, 0) is 31.0 Å². The lowest BCUT2D eigenvalue weighted by atomic mass is 9.93. The number of ether oxygens (including phenoxy) is 1. The summed E-state index contributed by atoms with van der Waals surface area (Å²) in [5.74, 6) is 0.204. The number of aliphatic hydroxyl groups is 1. The van der Waals surface area contributed by atoms with Crippen molar-refractivity contribution in [3.05, 3.63) is 41.6 Å². The van der Waals surface area contributed by atoms with E-state index in [9.17, 15) is 5.11 Å². The number of aryl methyl sites for hydroxylation is 1. The Morgan fingerprint density at radius 2 is 2.22 bits per heavy atom. The average Bonchev–Trinajstić information content (AvgIpc) is 2.85. The van der Waals surface area contributed by atoms with Crippen LogP contribution in [0.25, 0.3) is 10.9 Å². The maximum Gasteiger partial charge on any atom is 0.0883 e. The Hall–Kier alpha value is -1.45. The topological polar surface area (TPSA) is 42.4 Å². The fraction of sp³-hybridized carbons (Fsp3) is 0.400. The minimum atomic E-state index is 0.00148. The molecule has 0 bridgehead atoms. The van der Waals surface area contributed by atoms with Gasteiger partial charge in [-0.2, -0.15) is 0 Å². The van der Waals surface area contributed by atoms with Crippen LogP contribution in [0.2, 0.25) is 0 Å². The van der Waals surface area contributed by atoms with E-state index in [0.29, 0.717) is 0 Å². The Balaban J connectivity index is 2.15. The van der Waals surface area contributed by atoms with Crippen LogP contribution in [0.4, 0.5) is 0 Å². The second-order valence-electron chi connectivity index (χ2n) is 4.89. The number of aliphatic hydroxyl groups excluding tert-OH is 1. The van der Waals surface area contributed by atoms with Gasteiger partial charge in [-0.3, -0.25) is 4.98 Å². The number of nitrogens with zero attached hydrogens (tertiary/aromatic N) is 1. The van der Waals surface area contributed by atoms with E-state index >= 15 is 0 Å². The highest BCUT2D eigenvalue weighted by Gasteiger charge is 2.30. The van der Waals surface area contributed by atoms with Gasteiger partial charge < -0.3 is 9.84 Å². The number of rotatable bonds is 2. The number of para-hydroxylation sites is 1. The van der Waals surface area contributed by atoms with Crippen LogP contribution in [0.3, 0.4) is 0 Å². The lowest BCUT2D eigenvalue weighted by molar-refractivity contribution is 0.0730. The smallest absolute Gasteiger partial charge is 0.0883 e. The van der Waals surface area contributed by atoms with Crippen molar-refractivity contribution in [3.63, 3.8) is 0 Å². The lowest BCUT2D eigenvalue weighted by Crippen LogP contribution is -2.12. The molecule has 0 amide bonds. The van der Waals surface area contributed by atoms with Crippen molar-refractivity contribution in [2.75, 3.05) is 13.2 Å². The van der Waals surface area contributed by atoms with Gasteiger partial charge in [0, 0.05) is 30.2 Å². The van der Waals surface area contributed by atoms with E-state index in [-0.39, 0.29) is 18.6 Å². The van der Waals surface area contributed by atoms with Crippen LogP contribution in [-0.4, -0.2) is 23.3 Å². The van der Waals surface area contributed by atoms with Crippen molar-refractivity contribution in [1.29, 1.82) is 0 Å². The molecule has 1 aliphatic rings. The molecule has 1 saturated heterocycles. The first-order valence-electron chi connectivity index (χ1n) is 6.38. The average molecular weight is 243 g/mol. The molecule has 94 valence electrons. The summed E-state index contributed by atoms with van der Waals surface area (Å²) in [4.78, 5) is 4.54. The van der Waals surface area contributed by atoms with Gasteiger partial charge in [0.15, 0.2) is 0 Å². The number of benzene rings is 1. The molecule has 1 aromatic heterocycles. The maximum absolute atomic E-state index is 9.44. The van der Waals surface area contributed by atoms with Gasteiger partial charge in [-0.15, -0.1) is 0 Å². The van der Waals surface area contributed by atoms with E-state index in [1.165, 1.54) is 0 Å². The van der Waals surface area contributed by atoms with E-state index in [1.807, 2.05) is 25.1 Å². The van der Waals surface area contributed by atoms with Gasteiger partial charge in [0.05, 0.1) is 11.6 Å². The Bertz CT molecular complexity index is 567. The molecule has 0 aliphatic carbocycles. The predicted octanol–water partition coefficient (Wildman–Crippen LogP) is 2.61. The van der Waals surface area contributed by atoms with Crippen LogP contribution in [-0.2, 0) is 4.74 Å². The summed E-state index contributed by atoms with van der Waals surface area (Å²) >= 11 is 0. The van der Waals surface area contributed by atoms with E-state index in [4.69, 9.17) is 4.74 Å². The van der Waals surface area contributed by atoms with Gasteiger partial charge in [-0.1, -0.05) is 18.2 Å². The Morgan fingerprint density at radius 3 is 3.06 bits per heavy atom. The van der Waals surface area contributed by atoms with Crippen molar-refractivity contribution in [1.82, 2.24) is 4.98 Å². The molecule has 1 aliphatic heterocycles. The fourth-order valence-electron chi connectivity index (χ4n) is 2.74. The molecule has 2 heterocycles. The molecule has 18 heavy (non-hydrogen) atoms. The van der Waals surface area contributed by atoms with Gasteiger partial charge in [-0.25, -0.2) is 0 Å². The Labute approximate surface area is 106 Å². The lowest BCUT2D eigenvalue weighted by Gasteiger charge is -2.19. The Morgan fingerprint density at radius 1 is 1.39 bits per heavy atom. The second-order valence-corrected chi connectivity index (χ2v) is 4.89. The van der Waals surface area contributed by atoms with Crippen molar-refractivity contribution in [2.24, 2.45) is 5.92 Å². The summed E-state index contributed by atoms with van der Waals surface area (Å²) in [6.45, 7) is 2.91. The molecule has 0 saturated carbocycles. The van der Waals surface area contributed by atoms with Gasteiger partial charge in [0.2, 0.25) is 0 Å². The zero-order valence-corrected chi connectivity index (χ0v) is 10.5. The molecule has 2 unspecified atom stereocenters. The predicted molar refractivity (Wildman–Crippen MR) is 70.4 cm³/mol. The van der Waals surface area contributed by atoms with E-state index in [0.717, 1.165) is 35.2 Å². The van der Waals surface area contributed by atoms with Crippen molar-refractivity contribution in [3.8, 4) is 0 Å². The standard InChI is InChI=1S/C15H17NO2/c1-10-8-13(15-11(9-17)6-7-18-15)12-4-2-3-5-14(12)16-10/h2-5,8,11,15,17H,6-7,9H2,1H3. The van der Waals surface area contributed by atoms with Gasteiger partial charge >= 0.3 is 0 Å². The molecule has 3 heteroatoms. The number of hydrogen-bond donors (Lipinski definition) is 1. The largest absolute Gasteiger partial charge is 0.396 e. The van der Waals surface area contributed by atoms with E-state index in [1.54, 1.807) is 0 Å². The number of aromatic nitrogens is 1. The third-order valence-electron chi connectivity index (χ3n) is 3.63. The summed E-state index contributed by atoms with van der Waals surface area (Å²) in [5, 5.41) is 10.6. The van der Waals surface area contributed by atoms with Crippen LogP contribution in [0.5, 0.6) is 0 Å². The maximum atomic E-state index is 9.44. The quantitative estimate of drug-likeness (QED) is 0.881. The van der Waals surface area contributed by atoms with Crippen LogP contribution in [0.1, 0.15) is 23.8 Å². The molecular formula is C15H17NO2. The first kappa shape index (κ1) is 11.6. The van der Waals surface area contributed by atoms with Gasteiger partial charge in [0.1, 0.15) is 0 Å². The van der Waals surface area contributed by atoms with E-state index in [2.05, 4.69) is 17.1 Å². The zero-order chi connectivity index (χ0) is 12.5. The zero-order valence-electron chi connectivity index (χ0n) is 10.5. The summed E-state index contributed by atoms with van der Waals surface area (Å²) in [6.07, 6.45) is 0.929. The highest BCUT2D eigenvalue weighted by Crippen LogP contribution is 2.37. The van der Waals surface area contributed by atoms with Crippen molar-refractivity contribution < 1.29 is 9.84 Å². The molecular weight excluding hydrogens is 226 g/mol. The van der Waals surface area contributed by atoms with Crippen LogP contribution in [0, 0.1) is 12.8 Å². The number of fused-ring (bicyclic) bond motifs is 1. The van der Waals surface area contributed by atoms with Crippen molar-refractivity contribution >= 4 is 10.9 Å². The minimum Gasteiger partial charge on any atom is -0.396 e. The van der Waals surface area contributed by atoms with Gasteiger partial charge in [0.25, 0.3) is 0 Å². The molecule has 1 fully saturated rings. The molecule has 3 nitrogen and oxygen atoms in total. The molecule has 2 atom stereocenters. The Kier molecular flexibility index (Phi) is 3.02. The summed E-state index contributed by atoms with van der Waals surface area (Å²) in [5.41, 5.74) is 3.16. The normalized spacial score (nSPS) is 23.7. The minimum absolute atomic E-state index is 0.00148. The van der Waals surface area contributed by atoms with Crippen molar-refractivity contribution in [2.45, 2.75) is 19.4 Å². The summed E-state index contributed by atoms with van der Waals surface area (Å²) in [7, 11) is 0. The molecule has 2 aromatic rings. The highest BCUT2D eigenvalue weighted by atomic mass is 16.5. The monoisotopic (exact) mass is 243 g/mol. The fourth-order valence-corrected chi connectivity index (χ4v) is 2.74. The van der Waals surface area contributed by atoms with Crippen LogP contribution in [0.15, 0.2) is 30.3 Å². The second kappa shape index (κ2) is 4.67. The molecule has 0 spiro atoms. The summed E-state index contributed by atoms with van der Waals surface area (Å²) in [6, 6.07) is 10.2.